The number of hydrogen-bond acceptors (Lipinski definition) is 2. The standard InChI is InChI=1S/C7H4ClN3O/c8-6-1-2-7(10-11-9)5(3-6)4-12/h1-4H. The molecule has 0 N–H and O–H groups in total. The van der Waals surface area contributed by atoms with Gasteiger partial charge in [-0.05, 0) is 17.7 Å². The lowest BCUT2D eigenvalue weighted by molar-refractivity contribution is 0.112. The van der Waals surface area contributed by atoms with Crippen LogP contribution in [0.4, 0.5) is 5.69 Å². The van der Waals surface area contributed by atoms with Crippen LogP contribution >= 0.6 is 11.6 Å². The molecular weight excluding hydrogens is 178 g/mol. The summed E-state index contributed by atoms with van der Waals surface area (Å²) in [4.78, 5) is 13.0. The van der Waals surface area contributed by atoms with Crippen LogP contribution in [0.3, 0.4) is 0 Å². The van der Waals surface area contributed by atoms with Crippen LogP contribution in [0.2, 0.25) is 5.02 Å². The molecule has 1 aromatic rings. The van der Waals surface area contributed by atoms with Crippen molar-refractivity contribution in [2.45, 2.75) is 0 Å². The molecule has 60 valence electrons. The highest BCUT2D eigenvalue weighted by Crippen LogP contribution is 2.21. The summed E-state index contributed by atoms with van der Waals surface area (Å²) in [6.07, 6.45) is 0.593. The zero-order valence-electron chi connectivity index (χ0n) is 5.94. The lowest BCUT2D eigenvalue weighted by Gasteiger charge is -1.96. The van der Waals surface area contributed by atoms with Crippen LogP contribution < -0.4 is 0 Å². The van der Waals surface area contributed by atoms with Crippen LogP contribution in [0.1, 0.15) is 10.4 Å². The number of carbonyl (C=O) groups excluding carboxylic acids is 1. The van der Waals surface area contributed by atoms with Gasteiger partial charge in [0, 0.05) is 21.2 Å². The summed E-state index contributed by atoms with van der Waals surface area (Å²) >= 11 is 5.60. The van der Waals surface area contributed by atoms with E-state index in [1.807, 2.05) is 0 Å². The van der Waals surface area contributed by atoms with Crippen molar-refractivity contribution in [3.63, 3.8) is 0 Å². The summed E-state index contributed by atoms with van der Waals surface area (Å²) in [6, 6.07) is 4.49. The molecule has 5 heteroatoms. The Morgan fingerprint density at radius 1 is 1.58 bits per heavy atom. The van der Waals surface area contributed by atoms with Crippen LogP contribution in [-0.2, 0) is 0 Å². The third kappa shape index (κ3) is 1.75. The van der Waals surface area contributed by atoms with E-state index in [1.54, 1.807) is 6.07 Å². The smallest absolute Gasteiger partial charge is 0.150 e. The zero-order chi connectivity index (χ0) is 8.97. The van der Waals surface area contributed by atoms with Crippen LogP contribution in [-0.4, -0.2) is 6.29 Å². The number of nitrogens with zero attached hydrogens (tertiary/aromatic N) is 3. The molecule has 1 rings (SSSR count). The summed E-state index contributed by atoms with van der Waals surface area (Å²) < 4.78 is 0. The maximum atomic E-state index is 10.4. The Hall–Kier alpha value is -1.51. The van der Waals surface area contributed by atoms with Gasteiger partial charge in [0.15, 0.2) is 6.29 Å². The molecule has 0 saturated carbocycles. The molecule has 0 aliphatic heterocycles. The van der Waals surface area contributed by atoms with Crippen molar-refractivity contribution in [2.24, 2.45) is 5.11 Å². The highest BCUT2D eigenvalue weighted by Gasteiger charge is 1.98. The number of carbonyl (C=O) groups is 1. The van der Waals surface area contributed by atoms with Crippen molar-refractivity contribution in [1.82, 2.24) is 0 Å². The molecule has 1 aromatic carbocycles. The molecule has 0 saturated heterocycles. The number of rotatable bonds is 2. The highest BCUT2D eigenvalue weighted by atomic mass is 35.5. The van der Waals surface area contributed by atoms with Gasteiger partial charge in [0.25, 0.3) is 0 Å². The van der Waals surface area contributed by atoms with Crippen molar-refractivity contribution >= 4 is 23.6 Å². The van der Waals surface area contributed by atoms with Gasteiger partial charge in [-0.3, -0.25) is 4.79 Å². The van der Waals surface area contributed by atoms with Crippen molar-refractivity contribution < 1.29 is 4.79 Å². The maximum Gasteiger partial charge on any atom is 0.150 e. The highest BCUT2D eigenvalue weighted by molar-refractivity contribution is 6.31. The van der Waals surface area contributed by atoms with Gasteiger partial charge in [0.05, 0.1) is 0 Å². The molecular formula is C7H4ClN3O. The second-order valence-electron chi connectivity index (χ2n) is 2.01. The quantitative estimate of drug-likeness (QED) is 0.299. The molecule has 0 aromatic heterocycles. The molecule has 0 unspecified atom stereocenters. The van der Waals surface area contributed by atoms with Crippen LogP contribution in [0.5, 0.6) is 0 Å². The molecule has 0 aliphatic carbocycles. The van der Waals surface area contributed by atoms with E-state index in [-0.39, 0.29) is 5.69 Å². The fourth-order valence-corrected chi connectivity index (χ4v) is 0.940. The third-order valence-electron chi connectivity index (χ3n) is 1.27. The van der Waals surface area contributed by atoms with Gasteiger partial charge in [-0.2, -0.15) is 0 Å². The van der Waals surface area contributed by atoms with Gasteiger partial charge in [0.2, 0.25) is 0 Å². The minimum Gasteiger partial charge on any atom is -0.298 e. The first-order chi connectivity index (χ1) is 5.77. The average Bonchev–Trinajstić information content (AvgIpc) is 2.08. The topological polar surface area (TPSA) is 65.8 Å². The SMILES string of the molecule is [N-]=[N+]=Nc1ccc(Cl)cc1C=O. The van der Waals surface area contributed by atoms with Crippen molar-refractivity contribution in [1.29, 1.82) is 0 Å². The van der Waals surface area contributed by atoms with Crippen LogP contribution in [0.25, 0.3) is 10.4 Å². The second-order valence-corrected chi connectivity index (χ2v) is 2.45. The van der Waals surface area contributed by atoms with E-state index < -0.39 is 0 Å². The Balaban J connectivity index is 3.28. The van der Waals surface area contributed by atoms with E-state index in [0.29, 0.717) is 16.9 Å². The van der Waals surface area contributed by atoms with E-state index in [9.17, 15) is 4.79 Å². The van der Waals surface area contributed by atoms with Gasteiger partial charge in [0.1, 0.15) is 0 Å². The van der Waals surface area contributed by atoms with Gasteiger partial charge in [-0.1, -0.05) is 22.8 Å². The first-order valence-electron chi connectivity index (χ1n) is 3.08. The Labute approximate surface area is 73.4 Å². The van der Waals surface area contributed by atoms with Crippen molar-refractivity contribution in [3.8, 4) is 0 Å². The summed E-state index contributed by atoms with van der Waals surface area (Å²) in [6.45, 7) is 0. The lowest BCUT2D eigenvalue weighted by Crippen LogP contribution is -1.79. The minimum absolute atomic E-state index is 0.289. The van der Waals surface area contributed by atoms with E-state index in [1.165, 1.54) is 12.1 Å². The Morgan fingerprint density at radius 2 is 2.33 bits per heavy atom. The van der Waals surface area contributed by atoms with E-state index >= 15 is 0 Å². The lowest BCUT2D eigenvalue weighted by atomic mass is 10.2. The predicted octanol–water partition coefficient (Wildman–Crippen LogP) is 3.09. The molecule has 0 bridgehead atoms. The molecule has 0 aliphatic rings. The monoisotopic (exact) mass is 181 g/mol. The number of azide groups is 1. The Morgan fingerprint density at radius 3 is 2.92 bits per heavy atom. The van der Waals surface area contributed by atoms with Crippen LogP contribution in [0, 0.1) is 0 Å². The van der Waals surface area contributed by atoms with E-state index in [0.717, 1.165) is 0 Å². The second kappa shape index (κ2) is 3.76. The average molecular weight is 182 g/mol. The molecule has 4 nitrogen and oxygen atoms in total. The van der Waals surface area contributed by atoms with E-state index in [2.05, 4.69) is 10.0 Å². The number of halogens is 1. The molecule has 0 radical (unpaired) electrons. The molecule has 12 heavy (non-hydrogen) atoms. The van der Waals surface area contributed by atoms with Gasteiger partial charge < -0.3 is 0 Å². The molecule has 0 amide bonds. The van der Waals surface area contributed by atoms with Gasteiger partial charge >= 0.3 is 0 Å². The molecule has 0 spiro atoms. The largest absolute Gasteiger partial charge is 0.298 e. The van der Waals surface area contributed by atoms with Crippen molar-refractivity contribution in [2.75, 3.05) is 0 Å². The fraction of sp³-hybridized carbons (Fsp3) is 0. The minimum atomic E-state index is 0.289. The predicted molar refractivity (Wildman–Crippen MR) is 45.6 cm³/mol. The molecule has 0 fully saturated rings. The van der Waals surface area contributed by atoms with Gasteiger partial charge in [-0.15, -0.1) is 0 Å². The zero-order valence-corrected chi connectivity index (χ0v) is 6.69. The first kappa shape index (κ1) is 8.59. The summed E-state index contributed by atoms with van der Waals surface area (Å²) in [5.74, 6) is 0. The number of hydrogen-bond donors (Lipinski definition) is 0. The fourth-order valence-electron chi connectivity index (χ4n) is 0.759. The Bertz CT molecular complexity index is 358. The maximum absolute atomic E-state index is 10.4. The summed E-state index contributed by atoms with van der Waals surface area (Å²) in [7, 11) is 0. The third-order valence-corrected chi connectivity index (χ3v) is 1.50. The summed E-state index contributed by atoms with van der Waals surface area (Å²) in [5, 5.41) is 3.75. The Kier molecular flexibility index (Phi) is 2.69. The first-order valence-corrected chi connectivity index (χ1v) is 3.45. The summed E-state index contributed by atoms with van der Waals surface area (Å²) in [5.41, 5.74) is 8.70. The normalized spacial score (nSPS) is 8.75. The van der Waals surface area contributed by atoms with Crippen LogP contribution in [0.15, 0.2) is 23.3 Å². The van der Waals surface area contributed by atoms with Gasteiger partial charge in [-0.25, -0.2) is 0 Å². The van der Waals surface area contributed by atoms with E-state index in [4.69, 9.17) is 17.1 Å². The number of benzene rings is 1. The molecule has 0 atom stereocenters. The molecule has 0 heterocycles. The van der Waals surface area contributed by atoms with Crippen molar-refractivity contribution in [3.05, 3.63) is 39.2 Å². The number of aldehydes is 1.